The van der Waals surface area contributed by atoms with Crippen molar-refractivity contribution >= 4 is 38.7 Å². The number of benzene rings is 1. The highest BCUT2D eigenvalue weighted by molar-refractivity contribution is 7.99. The second-order valence-corrected chi connectivity index (χ2v) is 9.99. The Morgan fingerprint density at radius 2 is 2.10 bits per heavy atom. The van der Waals surface area contributed by atoms with Crippen LogP contribution in [0.5, 0.6) is 0 Å². The van der Waals surface area contributed by atoms with Crippen LogP contribution in [0.2, 0.25) is 0 Å². The van der Waals surface area contributed by atoms with Crippen LogP contribution in [0.15, 0.2) is 28.3 Å². The first-order valence-electron chi connectivity index (χ1n) is 10.4. The van der Waals surface area contributed by atoms with E-state index in [0.717, 1.165) is 25.0 Å². The molecule has 30 heavy (non-hydrogen) atoms. The summed E-state index contributed by atoms with van der Waals surface area (Å²) in [5.74, 6) is 0.190. The summed E-state index contributed by atoms with van der Waals surface area (Å²) in [4.78, 5) is 17.1. The maximum absolute atomic E-state index is 12.8. The predicted molar refractivity (Wildman–Crippen MR) is 118 cm³/mol. The molecule has 2 heterocycles. The van der Waals surface area contributed by atoms with Gasteiger partial charge in [-0.1, -0.05) is 25.6 Å². The summed E-state index contributed by atoms with van der Waals surface area (Å²) < 4.78 is 34.6. The fourth-order valence-corrected chi connectivity index (χ4v) is 5.98. The Kier molecular flexibility index (Phi) is 7.78. The van der Waals surface area contributed by atoms with Gasteiger partial charge in [0.15, 0.2) is 5.16 Å². The number of nitrogens with one attached hydrogen (secondary N) is 1. The van der Waals surface area contributed by atoms with Gasteiger partial charge in [0, 0.05) is 32.8 Å². The zero-order valence-corrected chi connectivity index (χ0v) is 19.4. The Hall–Kier alpha value is -1.62. The Bertz CT molecular complexity index is 980. The van der Waals surface area contributed by atoms with E-state index in [0.29, 0.717) is 36.9 Å². The van der Waals surface area contributed by atoms with E-state index < -0.39 is 10.0 Å². The predicted octanol–water partition coefficient (Wildman–Crippen LogP) is 2.47. The molecule has 1 saturated heterocycles. The second kappa shape index (κ2) is 10.1. The number of amides is 1. The number of carbonyl (C=O) groups excluding carboxylic acids is 1. The van der Waals surface area contributed by atoms with Crippen molar-refractivity contribution in [2.24, 2.45) is 0 Å². The molecule has 1 aliphatic heterocycles. The van der Waals surface area contributed by atoms with E-state index >= 15 is 0 Å². The van der Waals surface area contributed by atoms with E-state index in [1.807, 2.05) is 25.3 Å². The highest BCUT2D eigenvalue weighted by atomic mass is 32.2. The monoisotopic (exact) mass is 454 g/mol. The van der Waals surface area contributed by atoms with Gasteiger partial charge in [-0.05, 0) is 38.0 Å². The molecule has 0 bridgehead atoms. The van der Waals surface area contributed by atoms with Gasteiger partial charge in [-0.2, -0.15) is 4.31 Å². The van der Waals surface area contributed by atoms with Crippen molar-refractivity contribution in [3.63, 3.8) is 0 Å². The van der Waals surface area contributed by atoms with Gasteiger partial charge in [0.1, 0.15) is 0 Å². The third-order valence-corrected chi connectivity index (χ3v) is 8.25. The van der Waals surface area contributed by atoms with Gasteiger partial charge in [0.25, 0.3) is 0 Å². The molecule has 0 aliphatic carbocycles. The number of nitrogens with zero attached hydrogens (tertiary/aromatic N) is 3. The molecule has 1 N–H and O–H groups in total. The molecule has 1 aromatic heterocycles. The van der Waals surface area contributed by atoms with E-state index in [1.165, 1.54) is 16.1 Å². The van der Waals surface area contributed by atoms with Crippen molar-refractivity contribution < 1.29 is 17.9 Å². The molecular weight excluding hydrogens is 424 g/mol. The van der Waals surface area contributed by atoms with Gasteiger partial charge in [-0.3, -0.25) is 4.79 Å². The van der Waals surface area contributed by atoms with Crippen molar-refractivity contribution in [1.82, 2.24) is 19.2 Å². The lowest BCUT2D eigenvalue weighted by Gasteiger charge is -2.18. The van der Waals surface area contributed by atoms with Gasteiger partial charge in [0.05, 0.1) is 27.8 Å². The summed E-state index contributed by atoms with van der Waals surface area (Å²) in [6.45, 7) is 8.47. The molecular formula is C20H30N4O4S2. The van der Waals surface area contributed by atoms with Crippen molar-refractivity contribution in [2.45, 2.75) is 56.3 Å². The third kappa shape index (κ3) is 4.99. The van der Waals surface area contributed by atoms with Crippen LogP contribution in [0.4, 0.5) is 0 Å². The third-order valence-electron chi connectivity index (χ3n) is 5.23. The molecule has 0 unspecified atom stereocenters. The standard InChI is InChI=1S/C20H30N4O4S2/c1-4-23(5-2)30(26,27)16-9-10-18-17(12-16)22-20(24(18)6-3)29-14-19(25)21-13-15-8-7-11-28-15/h9-10,12,15H,4-8,11,13-14H2,1-3H3,(H,21,25)/t15-/m1/s1. The molecule has 1 atom stereocenters. The quantitative estimate of drug-likeness (QED) is 0.555. The number of aromatic nitrogens is 2. The van der Waals surface area contributed by atoms with E-state index in [2.05, 4.69) is 10.3 Å². The van der Waals surface area contributed by atoms with E-state index in [9.17, 15) is 13.2 Å². The summed E-state index contributed by atoms with van der Waals surface area (Å²) >= 11 is 1.36. The Labute approximate surface area is 182 Å². The summed E-state index contributed by atoms with van der Waals surface area (Å²) in [5.41, 5.74) is 1.48. The number of rotatable bonds is 10. The first kappa shape index (κ1) is 23.1. The molecule has 10 heteroatoms. The fraction of sp³-hybridized carbons (Fsp3) is 0.600. The van der Waals surface area contributed by atoms with Crippen LogP contribution in [0.3, 0.4) is 0 Å². The van der Waals surface area contributed by atoms with Gasteiger partial charge in [0.2, 0.25) is 15.9 Å². The molecule has 2 aromatic rings. The summed E-state index contributed by atoms with van der Waals surface area (Å²) in [5, 5.41) is 3.62. The fourth-order valence-electron chi connectivity index (χ4n) is 3.59. The Balaban J connectivity index is 1.74. The highest BCUT2D eigenvalue weighted by Gasteiger charge is 2.23. The number of thioether (sulfide) groups is 1. The van der Waals surface area contributed by atoms with Crippen molar-refractivity contribution in [2.75, 3.05) is 32.0 Å². The van der Waals surface area contributed by atoms with E-state index in [1.54, 1.807) is 18.2 Å². The normalized spacial score (nSPS) is 17.1. The lowest BCUT2D eigenvalue weighted by atomic mass is 10.2. The summed E-state index contributed by atoms with van der Waals surface area (Å²) in [6, 6.07) is 5.05. The minimum Gasteiger partial charge on any atom is -0.376 e. The van der Waals surface area contributed by atoms with Gasteiger partial charge >= 0.3 is 0 Å². The topological polar surface area (TPSA) is 93.5 Å². The number of fused-ring (bicyclic) bond motifs is 1. The van der Waals surface area contributed by atoms with Crippen molar-refractivity contribution in [1.29, 1.82) is 0 Å². The molecule has 0 radical (unpaired) electrons. The molecule has 1 amide bonds. The molecule has 0 saturated carbocycles. The molecule has 0 spiro atoms. The highest BCUT2D eigenvalue weighted by Crippen LogP contribution is 2.27. The van der Waals surface area contributed by atoms with Crippen LogP contribution in [-0.2, 0) is 26.1 Å². The van der Waals surface area contributed by atoms with Crippen LogP contribution in [-0.4, -0.2) is 66.3 Å². The van der Waals surface area contributed by atoms with Gasteiger partial charge in [-0.25, -0.2) is 13.4 Å². The Morgan fingerprint density at radius 1 is 1.33 bits per heavy atom. The van der Waals surface area contributed by atoms with Crippen molar-refractivity contribution in [3.05, 3.63) is 18.2 Å². The number of carbonyl (C=O) groups is 1. The number of hydrogen-bond acceptors (Lipinski definition) is 6. The summed E-state index contributed by atoms with van der Waals surface area (Å²) in [7, 11) is -3.54. The number of imidazole rings is 1. The average Bonchev–Trinajstić information content (AvgIpc) is 3.37. The zero-order valence-electron chi connectivity index (χ0n) is 17.8. The minimum atomic E-state index is -3.54. The minimum absolute atomic E-state index is 0.0602. The van der Waals surface area contributed by atoms with Crippen molar-refractivity contribution in [3.8, 4) is 0 Å². The first-order chi connectivity index (χ1) is 14.4. The van der Waals surface area contributed by atoms with Crippen LogP contribution < -0.4 is 5.32 Å². The van der Waals surface area contributed by atoms with Gasteiger partial charge < -0.3 is 14.6 Å². The molecule has 1 aromatic carbocycles. The Morgan fingerprint density at radius 3 is 2.73 bits per heavy atom. The molecule has 166 valence electrons. The van der Waals surface area contributed by atoms with Crippen LogP contribution in [0.1, 0.15) is 33.6 Å². The zero-order chi connectivity index (χ0) is 21.7. The largest absolute Gasteiger partial charge is 0.376 e. The molecule has 1 aliphatic rings. The lowest BCUT2D eigenvalue weighted by Crippen LogP contribution is -2.32. The number of sulfonamides is 1. The van der Waals surface area contributed by atoms with Gasteiger partial charge in [-0.15, -0.1) is 0 Å². The molecule has 8 nitrogen and oxygen atoms in total. The number of hydrogen-bond donors (Lipinski definition) is 1. The summed E-state index contributed by atoms with van der Waals surface area (Å²) in [6.07, 6.45) is 2.14. The SMILES string of the molecule is CCN(CC)S(=O)(=O)c1ccc2c(c1)nc(SCC(=O)NC[C@H]1CCCO1)n2CC. The van der Waals surface area contributed by atoms with Crippen LogP contribution in [0, 0.1) is 0 Å². The first-order valence-corrected chi connectivity index (χ1v) is 12.8. The average molecular weight is 455 g/mol. The second-order valence-electron chi connectivity index (χ2n) is 7.11. The maximum atomic E-state index is 12.8. The van der Waals surface area contributed by atoms with Crippen LogP contribution in [0.25, 0.3) is 11.0 Å². The number of ether oxygens (including phenoxy) is 1. The van der Waals surface area contributed by atoms with Crippen LogP contribution >= 0.6 is 11.8 Å². The molecule has 1 fully saturated rings. The van der Waals surface area contributed by atoms with E-state index in [4.69, 9.17) is 4.74 Å². The lowest BCUT2D eigenvalue weighted by molar-refractivity contribution is -0.119. The maximum Gasteiger partial charge on any atom is 0.243 e. The molecule has 3 rings (SSSR count). The number of aryl methyl sites for hydroxylation is 1. The smallest absolute Gasteiger partial charge is 0.243 e. The van der Waals surface area contributed by atoms with E-state index in [-0.39, 0.29) is 22.7 Å².